The molecule has 0 atom stereocenters. The van der Waals surface area contributed by atoms with Gasteiger partial charge < -0.3 is 15.4 Å². The van der Waals surface area contributed by atoms with Crippen LogP contribution in [0.2, 0.25) is 0 Å². The standard InChI is InChI=1S/C11H16FN3O2/c1-17-8-7-13-10(16)4-6-15-11-9(12)3-2-5-14-11/h2-3,5H,4,6-8H2,1H3,(H,13,16)(H,14,15). The molecule has 0 fully saturated rings. The van der Waals surface area contributed by atoms with Gasteiger partial charge in [0.1, 0.15) is 0 Å². The highest BCUT2D eigenvalue weighted by atomic mass is 19.1. The lowest BCUT2D eigenvalue weighted by Gasteiger charge is -2.06. The summed E-state index contributed by atoms with van der Waals surface area (Å²) in [5, 5.41) is 5.42. The molecule has 0 saturated heterocycles. The zero-order chi connectivity index (χ0) is 12.5. The quantitative estimate of drug-likeness (QED) is 0.693. The minimum atomic E-state index is -0.424. The molecule has 1 aromatic rings. The summed E-state index contributed by atoms with van der Waals surface area (Å²) < 4.78 is 17.9. The second-order valence-corrected chi connectivity index (χ2v) is 3.35. The van der Waals surface area contributed by atoms with Crippen molar-refractivity contribution in [3.05, 3.63) is 24.1 Å². The van der Waals surface area contributed by atoms with Crippen molar-refractivity contribution in [3.63, 3.8) is 0 Å². The highest BCUT2D eigenvalue weighted by molar-refractivity contribution is 5.76. The zero-order valence-corrected chi connectivity index (χ0v) is 9.70. The first-order chi connectivity index (χ1) is 8.24. The Morgan fingerprint density at radius 3 is 3.06 bits per heavy atom. The van der Waals surface area contributed by atoms with Crippen LogP contribution in [0.5, 0.6) is 0 Å². The lowest BCUT2D eigenvalue weighted by Crippen LogP contribution is -2.28. The van der Waals surface area contributed by atoms with Crippen molar-refractivity contribution in [1.82, 2.24) is 10.3 Å². The number of amides is 1. The second-order valence-electron chi connectivity index (χ2n) is 3.35. The van der Waals surface area contributed by atoms with Crippen LogP contribution >= 0.6 is 0 Å². The van der Waals surface area contributed by atoms with Crippen LogP contribution in [0.1, 0.15) is 6.42 Å². The molecule has 17 heavy (non-hydrogen) atoms. The van der Waals surface area contributed by atoms with Gasteiger partial charge in [-0.15, -0.1) is 0 Å². The number of ether oxygens (including phenoxy) is 1. The van der Waals surface area contributed by atoms with Gasteiger partial charge in [0.2, 0.25) is 5.91 Å². The van der Waals surface area contributed by atoms with E-state index in [1.54, 1.807) is 7.11 Å². The Bertz CT molecular complexity index is 360. The van der Waals surface area contributed by atoms with Gasteiger partial charge in [-0.3, -0.25) is 4.79 Å². The SMILES string of the molecule is COCCNC(=O)CCNc1ncccc1F. The van der Waals surface area contributed by atoms with E-state index in [1.165, 1.54) is 18.3 Å². The van der Waals surface area contributed by atoms with Crippen LogP contribution < -0.4 is 10.6 Å². The summed E-state index contributed by atoms with van der Waals surface area (Å²) in [5.41, 5.74) is 0. The van der Waals surface area contributed by atoms with Gasteiger partial charge in [-0.25, -0.2) is 9.37 Å². The molecule has 1 aromatic heterocycles. The Kier molecular flexibility index (Phi) is 5.95. The molecule has 0 spiro atoms. The third-order valence-corrected chi connectivity index (χ3v) is 2.03. The first kappa shape index (κ1) is 13.4. The molecule has 0 aromatic carbocycles. The number of anilines is 1. The van der Waals surface area contributed by atoms with E-state index in [-0.39, 0.29) is 18.1 Å². The maximum Gasteiger partial charge on any atom is 0.221 e. The number of rotatable bonds is 7. The highest BCUT2D eigenvalue weighted by Crippen LogP contribution is 2.07. The highest BCUT2D eigenvalue weighted by Gasteiger charge is 2.03. The molecule has 0 aliphatic carbocycles. The van der Waals surface area contributed by atoms with Crippen molar-refractivity contribution in [1.29, 1.82) is 0 Å². The summed E-state index contributed by atoms with van der Waals surface area (Å²) in [6, 6.07) is 2.83. The van der Waals surface area contributed by atoms with Gasteiger partial charge in [-0.1, -0.05) is 0 Å². The minimum Gasteiger partial charge on any atom is -0.383 e. The van der Waals surface area contributed by atoms with E-state index in [1.807, 2.05) is 0 Å². The molecule has 1 rings (SSSR count). The summed E-state index contributed by atoms with van der Waals surface area (Å²) in [6.07, 6.45) is 1.75. The van der Waals surface area contributed by atoms with Gasteiger partial charge in [0.25, 0.3) is 0 Å². The lowest BCUT2D eigenvalue weighted by atomic mass is 10.3. The average Bonchev–Trinajstić information content (AvgIpc) is 2.32. The van der Waals surface area contributed by atoms with Crippen LogP contribution in [-0.4, -0.2) is 37.7 Å². The maximum atomic E-state index is 13.1. The number of hydrogen-bond donors (Lipinski definition) is 2. The van der Waals surface area contributed by atoms with Crippen LogP contribution in [-0.2, 0) is 9.53 Å². The monoisotopic (exact) mass is 241 g/mol. The molecule has 1 heterocycles. The Labute approximate surface area is 99.4 Å². The molecular formula is C11H16FN3O2. The van der Waals surface area contributed by atoms with Crippen LogP contribution in [0, 0.1) is 5.82 Å². The first-order valence-corrected chi connectivity index (χ1v) is 5.34. The predicted molar refractivity (Wildman–Crippen MR) is 62.2 cm³/mol. The number of pyridine rings is 1. The van der Waals surface area contributed by atoms with E-state index in [9.17, 15) is 9.18 Å². The van der Waals surface area contributed by atoms with Crippen LogP contribution in [0.4, 0.5) is 10.2 Å². The van der Waals surface area contributed by atoms with Crippen LogP contribution in [0.3, 0.4) is 0 Å². The molecule has 0 radical (unpaired) electrons. The third-order valence-electron chi connectivity index (χ3n) is 2.03. The lowest BCUT2D eigenvalue weighted by molar-refractivity contribution is -0.121. The molecule has 6 heteroatoms. The van der Waals surface area contributed by atoms with Crippen molar-refractivity contribution in [2.75, 3.05) is 32.1 Å². The number of methoxy groups -OCH3 is 1. The fraction of sp³-hybridized carbons (Fsp3) is 0.455. The number of carbonyl (C=O) groups is 1. The molecule has 2 N–H and O–H groups in total. The molecular weight excluding hydrogens is 225 g/mol. The summed E-state index contributed by atoms with van der Waals surface area (Å²) in [6.45, 7) is 1.30. The van der Waals surface area contributed by atoms with Crippen molar-refractivity contribution >= 4 is 11.7 Å². The van der Waals surface area contributed by atoms with Gasteiger partial charge in [-0.2, -0.15) is 0 Å². The summed E-state index contributed by atoms with van der Waals surface area (Å²) in [5.74, 6) is -0.365. The average molecular weight is 241 g/mol. The molecule has 0 unspecified atom stereocenters. The Morgan fingerprint density at radius 1 is 1.53 bits per heavy atom. The normalized spacial score (nSPS) is 10.0. The van der Waals surface area contributed by atoms with E-state index in [0.717, 1.165) is 0 Å². The molecule has 0 saturated carbocycles. The topological polar surface area (TPSA) is 63.2 Å². The van der Waals surface area contributed by atoms with Crippen molar-refractivity contribution < 1.29 is 13.9 Å². The number of carbonyl (C=O) groups excluding carboxylic acids is 1. The van der Waals surface area contributed by atoms with Gasteiger partial charge >= 0.3 is 0 Å². The predicted octanol–water partition coefficient (Wildman–Crippen LogP) is 0.785. The summed E-state index contributed by atoms with van der Waals surface area (Å²) >= 11 is 0. The molecule has 0 aliphatic heterocycles. The number of halogens is 1. The maximum absolute atomic E-state index is 13.1. The Morgan fingerprint density at radius 2 is 2.35 bits per heavy atom. The zero-order valence-electron chi connectivity index (χ0n) is 9.70. The first-order valence-electron chi connectivity index (χ1n) is 5.34. The number of hydrogen-bond acceptors (Lipinski definition) is 4. The molecule has 5 nitrogen and oxygen atoms in total. The molecule has 0 bridgehead atoms. The molecule has 1 amide bonds. The fourth-order valence-corrected chi connectivity index (χ4v) is 1.19. The molecule has 0 aliphatic rings. The van der Waals surface area contributed by atoms with Gasteiger partial charge in [-0.05, 0) is 12.1 Å². The third kappa shape index (κ3) is 5.26. The van der Waals surface area contributed by atoms with Gasteiger partial charge in [0.05, 0.1) is 6.61 Å². The molecule has 94 valence electrons. The summed E-state index contributed by atoms with van der Waals surface area (Å²) in [4.78, 5) is 15.1. The van der Waals surface area contributed by atoms with Gasteiger partial charge in [0.15, 0.2) is 11.6 Å². The Hall–Kier alpha value is -1.69. The van der Waals surface area contributed by atoms with Crippen LogP contribution in [0.25, 0.3) is 0 Å². The van der Waals surface area contributed by atoms with Gasteiger partial charge in [0, 0.05) is 32.8 Å². The largest absolute Gasteiger partial charge is 0.383 e. The summed E-state index contributed by atoms with van der Waals surface area (Å²) in [7, 11) is 1.57. The fourth-order valence-electron chi connectivity index (χ4n) is 1.19. The van der Waals surface area contributed by atoms with E-state index >= 15 is 0 Å². The van der Waals surface area contributed by atoms with E-state index < -0.39 is 5.82 Å². The van der Waals surface area contributed by atoms with E-state index in [4.69, 9.17) is 4.74 Å². The van der Waals surface area contributed by atoms with Crippen molar-refractivity contribution in [2.45, 2.75) is 6.42 Å². The van der Waals surface area contributed by atoms with Crippen molar-refractivity contribution in [3.8, 4) is 0 Å². The number of nitrogens with one attached hydrogen (secondary N) is 2. The van der Waals surface area contributed by atoms with E-state index in [0.29, 0.717) is 19.7 Å². The Balaban J connectivity index is 2.19. The second kappa shape index (κ2) is 7.56. The number of aromatic nitrogens is 1. The number of nitrogens with zero attached hydrogens (tertiary/aromatic N) is 1. The minimum absolute atomic E-state index is 0.106. The van der Waals surface area contributed by atoms with E-state index in [2.05, 4.69) is 15.6 Å². The smallest absolute Gasteiger partial charge is 0.221 e. The van der Waals surface area contributed by atoms with Crippen LogP contribution in [0.15, 0.2) is 18.3 Å². The van der Waals surface area contributed by atoms with Crippen molar-refractivity contribution in [2.24, 2.45) is 0 Å².